The summed E-state index contributed by atoms with van der Waals surface area (Å²) in [4.78, 5) is 21.8. The summed E-state index contributed by atoms with van der Waals surface area (Å²) in [5.74, 6) is 1.10. The third-order valence-electron chi connectivity index (χ3n) is 3.22. The second-order valence-electron chi connectivity index (χ2n) is 4.90. The van der Waals surface area contributed by atoms with Gasteiger partial charge in [-0.3, -0.25) is 9.36 Å². The molecule has 0 fully saturated rings. The maximum atomic E-state index is 11.1. The smallest absolute Gasteiger partial charge is 0.207 e. The highest BCUT2D eigenvalue weighted by atomic mass is 16.6. The molecular weight excluding hydrogens is 284 g/mol. The van der Waals surface area contributed by atoms with Crippen molar-refractivity contribution in [3.8, 4) is 0 Å². The minimum Gasteiger partial charge on any atom is -0.394 e. The number of oxime groups is 1. The second-order valence-corrected chi connectivity index (χ2v) is 4.90. The summed E-state index contributed by atoms with van der Waals surface area (Å²) in [6.07, 6.45) is 6.47. The van der Waals surface area contributed by atoms with Gasteiger partial charge in [-0.25, -0.2) is 4.98 Å². The van der Waals surface area contributed by atoms with E-state index in [0.29, 0.717) is 30.3 Å². The van der Waals surface area contributed by atoms with E-state index in [0.717, 1.165) is 13.0 Å². The van der Waals surface area contributed by atoms with Gasteiger partial charge < -0.3 is 4.84 Å². The zero-order valence-corrected chi connectivity index (χ0v) is 13.0. The quantitative estimate of drug-likeness (QED) is 0.335. The molecule has 1 atom stereocenters. The number of aldehydes is 1. The molecule has 2 aromatic rings. The van der Waals surface area contributed by atoms with Gasteiger partial charge in [0, 0.05) is 12.4 Å². The van der Waals surface area contributed by atoms with Crippen LogP contribution in [0.3, 0.4) is 0 Å². The fourth-order valence-corrected chi connectivity index (χ4v) is 1.82. The van der Waals surface area contributed by atoms with Crippen LogP contribution < -0.4 is 0 Å². The van der Waals surface area contributed by atoms with Crippen LogP contribution in [0.15, 0.2) is 23.7 Å². The Hall–Kier alpha value is -2.51. The lowest BCUT2D eigenvalue weighted by molar-refractivity contribution is 0.111. The van der Waals surface area contributed by atoms with Crippen LogP contribution in [0.25, 0.3) is 0 Å². The van der Waals surface area contributed by atoms with Crippen LogP contribution in [-0.4, -0.2) is 43.3 Å². The van der Waals surface area contributed by atoms with Gasteiger partial charge in [0.1, 0.15) is 6.61 Å². The van der Waals surface area contributed by atoms with E-state index >= 15 is 0 Å². The summed E-state index contributed by atoms with van der Waals surface area (Å²) >= 11 is 0. The topological polar surface area (TPSA) is 87.2 Å². The zero-order chi connectivity index (χ0) is 15.9. The number of aromatic nitrogens is 5. The van der Waals surface area contributed by atoms with Crippen LogP contribution in [0.1, 0.15) is 43.5 Å². The van der Waals surface area contributed by atoms with Gasteiger partial charge in [0.15, 0.2) is 17.8 Å². The highest BCUT2D eigenvalue weighted by Crippen LogP contribution is 2.07. The van der Waals surface area contributed by atoms with Gasteiger partial charge >= 0.3 is 0 Å². The van der Waals surface area contributed by atoms with Gasteiger partial charge in [-0.05, 0) is 12.8 Å². The second kappa shape index (κ2) is 7.48. The van der Waals surface area contributed by atoms with Crippen LogP contribution in [0.5, 0.6) is 0 Å². The number of nitrogens with zero attached hydrogens (tertiary/aromatic N) is 6. The molecule has 0 aromatic carbocycles. The normalized spacial score (nSPS) is 13.1. The third kappa shape index (κ3) is 3.57. The summed E-state index contributed by atoms with van der Waals surface area (Å²) in [5, 5.41) is 12.7. The van der Waals surface area contributed by atoms with Crippen molar-refractivity contribution in [2.75, 3.05) is 6.61 Å². The van der Waals surface area contributed by atoms with Crippen LogP contribution in [0.4, 0.5) is 0 Å². The molecule has 0 saturated heterocycles. The molecule has 0 N–H and O–H groups in total. The molecule has 0 amide bonds. The van der Waals surface area contributed by atoms with Crippen LogP contribution in [0, 0.1) is 5.92 Å². The fraction of sp³-hybridized carbons (Fsp3) is 0.500. The Bertz CT molecular complexity index is 645. The summed E-state index contributed by atoms with van der Waals surface area (Å²) in [6.45, 7) is 7.23. The Balaban J connectivity index is 2.33. The first-order valence-corrected chi connectivity index (χ1v) is 7.28. The lowest BCUT2D eigenvalue weighted by Gasteiger charge is -2.07. The molecule has 8 nitrogen and oxygen atoms in total. The standard InChI is InChI=1S/C14H20N6O2/c1-4-11(3)9-20-16-8-12(17-20)14(18-22-5-2)19-7-6-15-13(19)10-21/h6-8,10-11H,4-5,9H2,1-3H3. The van der Waals surface area contributed by atoms with Crippen molar-refractivity contribution in [3.63, 3.8) is 0 Å². The van der Waals surface area contributed by atoms with Crippen LogP contribution in [-0.2, 0) is 11.4 Å². The molecule has 8 heteroatoms. The molecule has 1 unspecified atom stereocenters. The lowest BCUT2D eigenvalue weighted by Crippen LogP contribution is -2.18. The van der Waals surface area contributed by atoms with Gasteiger partial charge in [0.2, 0.25) is 5.84 Å². The Morgan fingerprint density at radius 1 is 1.50 bits per heavy atom. The van der Waals surface area contributed by atoms with Gasteiger partial charge in [0.05, 0.1) is 12.7 Å². The molecule has 0 aliphatic carbocycles. The molecule has 118 valence electrons. The van der Waals surface area contributed by atoms with Crippen LogP contribution in [0.2, 0.25) is 0 Å². The Labute approximate surface area is 128 Å². The molecular formula is C14H20N6O2. The molecule has 22 heavy (non-hydrogen) atoms. The number of hydrogen-bond acceptors (Lipinski definition) is 6. The molecule has 0 spiro atoms. The van der Waals surface area contributed by atoms with E-state index in [1.165, 1.54) is 10.8 Å². The third-order valence-corrected chi connectivity index (χ3v) is 3.22. The fourth-order valence-electron chi connectivity index (χ4n) is 1.82. The molecule has 2 aromatic heterocycles. The maximum absolute atomic E-state index is 11.1. The first kappa shape index (κ1) is 15.9. The number of carbonyl (C=O) groups is 1. The average molecular weight is 304 g/mol. The molecule has 0 aliphatic heterocycles. The van der Waals surface area contributed by atoms with Crippen molar-refractivity contribution >= 4 is 12.1 Å². The van der Waals surface area contributed by atoms with E-state index in [1.54, 1.807) is 17.2 Å². The van der Waals surface area contributed by atoms with Crippen molar-refractivity contribution in [1.82, 2.24) is 24.5 Å². The molecule has 0 bridgehead atoms. The highest BCUT2D eigenvalue weighted by molar-refractivity contribution is 6.00. The number of hydrogen-bond donors (Lipinski definition) is 0. The predicted molar refractivity (Wildman–Crippen MR) is 80.7 cm³/mol. The first-order chi connectivity index (χ1) is 10.7. The van der Waals surface area contributed by atoms with Gasteiger partial charge in [0.25, 0.3) is 0 Å². The number of carbonyl (C=O) groups excluding carboxylic acids is 1. The van der Waals surface area contributed by atoms with E-state index in [1.807, 2.05) is 6.92 Å². The zero-order valence-electron chi connectivity index (χ0n) is 13.0. The van der Waals surface area contributed by atoms with E-state index in [2.05, 4.69) is 34.2 Å². The molecule has 0 aliphatic rings. The SMILES string of the molecule is CCON=C(c1cnn(CC(C)CC)n1)n1ccnc1C=O. The van der Waals surface area contributed by atoms with Gasteiger partial charge in [-0.1, -0.05) is 25.4 Å². The minimum absolute atomic E-state index is 0.231. The average Bonchev–Trinajstić information content (AvgIpc) is 3.17. The number of rotatable bonds is 7. The Kier molecular flexibility index (Phi) is 5.40. The summed E-state index contributed by atoms with van der Waals surface area (Å²) in [5.41, 5.74) is 0.526. The van der Waals surface area contributed by atoms with E-state index in [9.17, 15) is 4.79 Å². The molecule has 2 heterocycles. The molecule has 0 saturated carbocycles. The maximum Gasteiger partial charge on any atom is 0.207 e. The van der Waals surface area contributed by atoms with Gasteiger partial charge in [-0.2, -0.15) is 9.90 Å². The summed E-state index contributed by atoms with van der Waals surface area (Å²) in [7, 11) is 0. The largest absolute Gasteiger partial charge is 0.394 e. The summed E-state index contributed by atoms with van der Waals surface area (Å²) in [6, 6.07) is 0. The van der Waals surface area contributed by atoms with Crippen molar-refractivity contribution in [2.45, 2.75) is 33.7 Å². The van der Waals surface area contributed by atoms with E-state index < -0.39 is 0 Å². The monoisotopic (exact) mass is 304 g/mol. The predicted octanol–water partition coefficient (Wildman–Crippen LogP) is 1.58. The number of imidazole rings is 1. The van der Waals surface area contributed by atoms with Crippen molar-refractivity contribution in [3.05, 3.63) is 30.1 Å². The van der Waals surface area contributed by atoms with Crippen molar-refractivity contribution in [2.24, 2.45) is 11.1 Å². The minimum atomic E-state index is 0.231. The lowest BCUT2D eigenvalue weighted by atomic mass is 10.1. The van der Waals surface area contributed by atoms with Gasteiger partial charge in [-0.15, -0.1) is 5.10 Å². The van der Waals surface area contributed by atoms with Crippen molar-refractivity contribution in [1.29, 1.82) is 0 Å². The highest BCUT2D eigenvalue weighted by Gasteiger charge is 2.16. The van der Waals surface area contributed by atoms with Crippen LogP contribution >= 0.6 is 0 Å². The first-order valence-electron chi connectivity index (χ1n) is 7.28. The van der Waals surface area contributed by atoms with E-state index in [-0.39, 0.29) is 5.82 Å². The Morgan fingerprint density at radius 2 is 2.32 bits per heavy atom. The Morgan fingerprint density at radius 3 is 3.00 bits per heavy atom. The van der Waals surface area contributed by atoms with Crippen molar-refractivity contribution < 1.29 is 9.63 Å². The van der Waals surface area contributed by atoms with E-state index in [4.69, 9.17) is 4.84 Å². The summed E-state index contributed by atoms with van der Waals surface area (Å²) < 4.78 is 1.53. The molecule has 2 rings (SSSR count). The molecule has 0 radical (unpaired) electrons.